The van der Waals surface area contributed by atoms with Gasteiger partial charge in [0.15, 0.2) is 5.58 Å². The minimum absolute atomic E-state index is 0.105. The fraction of sp³-hybridized carbons (Fsp3) is 0.235. The van der Waals surface area contributed by atoms with E-state index in [0.717, 1.165) is 16.8 Å². The molecule has 1 aromatic heterocycles. The minimum atomic E-state index is 0.105. The van der Waals surface area contributed by atoms with E-state index in [1.54, 1.807) is 0 Å². The highest BCUT2D eigenvalue weighted by Gasteiger charge is 2.15. The van der Waals surface area contributed by atoms with Crippen LogP contribution in [0.2, 0.25) is 0 Å². The summed E-state index contributed by atoms with van der Waals surface area (Å²) in [6.45, 7) is 6.56. The van der Waals surface area contributed by atoms with E-state index in [9.17, 15) is 0 Å². The van der Waals surface area contributed by atoms with Crippen molar-refractivity contribution < 1.29 is 4.42 Å². The number of oxazole rings is 1. The Kier molecular flexibility index (Phi) is 2.97. The van der Waals surface area contributed by atoms with Crippen molar-refractivity contribution >= 4 is 22.8 Å². The van der Waals surface area contributed by atoms with Crippen molar-refractivity contribution in [2.24, 2.45) is 0 Å². The summed E-state index contributed by atoms with van der Waals surface area (Å²) in [5, 5.41) is 3.17. The van der Waals surface area contributed by atoms with Crippen LogP contribution in [-0.2, 0) is 5.41 Å². The maximum atomic E-state index is 5.79. The molecule has 0 saturated carbocycles. The van der Waals surface area contributed by atoms with Gasteiger partial charge in [0.2, 0.25) is 0 Å². The molecule has 3 heteroatoms. The molecule has 102 valence electrons. The third-order valence-corrected chi connectivity index (χ3v) is 3.28. The maximum Gasteiger partial charge on any atom is 0.300 e. The molecule has 2 aromatic carbocycles. The molecule has 1 heterocycles. The molecule has 3 nitrogen and oxygen atoms in total. The van der Waals surface area contributed by atoms with E-state index in [4.69, 9.17) is 4.42 Å². The van der Waals surface area contributed by atoms with Gasteiger partial charge in [-0.3, -0.25) is 0 Å². The van der Waals surface area contributed by atoms with Gasteiger partial charge in [-0.15, -0.1) is 0 Å². The summed E-state index contributed by atoms with van der Waals surface area (Å²) in [6, 6.07) is 16.6. The molecular weight excluding hydrogens is 248 g/mol. The van der Waals surface area contributed by atoms with Crippen molar-refractivity contribution in [3.05, 3.63) is 54.1 Å². The summed E-state index contributed by atoms with van der Waals surface area (Å²) in [7, 11) is 0. The van der Waals surface area contributed by atoms with E-state index in [1.807, 2.05) is 36.4 Å². The van der Waals surface area contributed by atoms with Crippen LogP contribution in [0.25, 0.3) is 11.1 Å². The third kappa shape index (κ3) is 2.52. The quantitative estimate of drug-likeness (QED) is 0.719. The molecule has 0 aliphatic carbocycles. The molecular formula is C17H18N2O. The molecule has 0 spiro atoms. The highest BCUT2D eigenvalue weighted by atomic mass is 16.4. The monoisotopic (exact) mass is 266 g/mol. The number of hydrogen-bond acceptors (Lipinski definition) is 3. The highest BCUT2D eigenvalue weighted by Crippen LogP contribution is 2.28. The smallest absolute Gasteiger partial charge is 0.300 e. The van der Waals surface area contributed by atoms with Gasteiger partial charge in [-0.05, 0) is 35.2 Å². The zero-order valence-corrected chi connectivity index (χ0v) is 12.0. The lowest BCUT2D eigenvalue weighted by Gasteiger charge is -2.18. The van der Waals surface area contributed by atoms with Gasteiger partial charge in [-0.25, -0.2) is 0 Å². The van der Waals surface area contributed by atoms with Gasteiger partial charge in [0.05, 0.1) is 0 Å². The number of fused-ring (bicyclic) bond motifs is 1. The van der Waals surface area contributed by atoms with Crippen LogP contribution in [-0.4, -0.2) is 4.98 Å². The zero-order chi connectivity index (χ0) is 14.2. The van der Waals surface area contributed by atoms with Crippen molar-refractivity contribution in [1.82, 2.24) is 4.98 Å². The van der Waals surface area contributed by atoms with Gasteiger partial charge < -0.3 is 9.73 Å². The van der Waals surface area contributed by atoms with Crippen LogP contribution in [0.1, 0.15) is 26.3 Å². The second-order valence-corrected chi connectivity index (χ2v) is 5.94. The number of anilines is 2. The van der Waals surface area contributed by atoms with E-state index in [0.29, 0.717) is 6.01 Å². The molecule has 0 saturated heterocycles. The predicted octanol–water partition coefficient (Wildman–Crippen LogP) is 4.87. The van der Waals surface area contributed by atoms with Crippen LogP contribution in [0.15, 0.2) is 52.9 Å². The third-order valence-electron chi connectivity index (χ3n) is 3.28. The molecule has 3 aromatic rings. The lowest BCUT2D eigenvalue weighted by molar-refractivity contribution is 0.584. The summed E-state index contributed by atoms with van der Waals surface area (Å²) < 4.78 is 5.79. The molecule has 3 rings (SSSR count). The Morgan fingerprint density at radius 2 is 1.75 bits per heavy atom. The molecule has 0 aliphatic rings. The first kappa shape index (κ1) is 12.7. The minimum Gasteiger partial charge on any atom is -0.423 e. The van der Waals surface area contributed by atoms with E-state index in [2.05, 4.69) is 43.2 Å². The summed E-state index contributed by atoms with van der Waals surface area (Å²) in [6.07, 6.45) is 0. The van der Waals surface area contributed by atoms with Crippen molar-refractivity contribution in [2.45, 2.75) is 26.2 Å². The molecule has 0 amide bonds. The second-order valence-electron chi connectivity index (χ2n) is 5.94. The lowest BCUT2D eigenvalue weighted by Crippen LogP contribution is -2.10. The highest BCUT2D eigenvalue weighted by molar-refractivity contribution is 5.76. The number of para-hydroxylation sites is 1. The van der Waals surface area contributed by atoms with E-state index >= 15 is 0 Å². The number of nitrogens with zero attached hydrogens (tertiary/aromatic N) is 1. The molecule has 1 N–H and O–H groups in total. The summed E-state index contributed by atoms with van der Waals surface area (Å²) in [5.41, 5.74) is 4.00. The Labute approximate surface area is 118 Å². The van der Waals surface area contributed by atoms with Gasteiger partial charge in [-0.2, -0.15) is 4.98 Å². The molecule has 0 radical (unpaired) electrons. The maximum absolute atomic E-state index is 5.79. The SMILES string of the molecule is CC(C)(C)c1ccc2nc(Nc3ccccc3)oc2c1. The number of hydrogen-bond donors (Lipinski definition) is 1. The molecule has 0 fully saturated rings. The Balaban J connectivity index is 1.95. The number of nitrogens with one attached hydrogen (secondary N) is 1. The van der Waals surface area contributed by atoms with Crippen LogP contribution in [0, 0.1) is 0 Å². The first-order valence-electron chi connectivity index (χ1n) is 6.75. The molecule has 0 atom stereocenters. The van der Waals surface area contributed by atoms with E-state index < -0.39 is 0 Å². The van der Waals surface area contributed by atoms with Crippen LogP contribution in [0.3, 0.4) is 0 Å². The standard InChI is InChI=1S/C17H18N2O/c1-17(2,3)12-9-10-14-15(11-12)20-16(19-14)18-13-7-5-4-6-8-13/h4-11H,1-3H3,(H,18,19). The van der Waals surface area contributed by atoms with Crippen molar-refractivity contribution in [2.75, 3.05) is 5.32 Å². The molecule has 20 heavy (non-hydrogen) atoms. The largest absolute Gasteiger partial charge is 0.423 e. The Morgan fingerprint density at radius 1 is 1.00 bits per heavy atom. The van der Waals surface area contributed by atoms with E-state index in [1.165, 1.54) is 5.56 Å². The Morgan fingerprint density at radius 3 is 2.45 bits per heavy atom. The van der Waals surface area contributed by atoms with Gasteiger partial charge in [0.1, 0.15) is 5.52 Å². The first-order valence-corrected chi connectivity index (χ1v) is 6.75. The van der Waals surface area contributed by atoms with Gasteiger partial charge >= 0.3 is 0 Å². The summed E-state index contributed by atoms with van der Waals surface area (Å²) in [4.78, 5) is 4.45. The predicted molar refractivity (Wildman–Crippen MR) is 82.4 cm³/mol. The number of aromatic nitrogens is 1. The zero-order valence-electron chi connectivity index (χ0n) is 12.0. The van der Waals surface area contributed by atoms with Crippen LogP contribution >= 0.6 is 0 Å². The molecule has 0 aliphatic heterocycles. The fourth-order valence-corrected chi connectivity index (χ4v) is 2.09. The molecule has 0 bridgehead atoms. The Hall–Kier alpha value is -2.29. The summed E-state index contributed by atoms with van der Waals surface area (Å²) >= 11 is 0. The first-order chi connectivity index (χ1) is 9.52. The Bertz CT molecular complexity index is 724. The van der Waals surface area contributed by atoms with Gasteiger partial charge in [0.25, 0.3) is 6.01 Å². The lowest BCUT2D eigenvalue weighted by atomic mass is 9.87. The number of rotatable bonds is 2. The van der Waals surface area contributed by atoms with Crippen LogP contribution < -0.4 is 5.32 Å². The van der Waals surface area contributed by atoms with Crippen LogP contribution in [0.5, 0.6) is 0 Å². The van der Waals surface area contributed by atoms with Gasteiger partial charge in [-0.1, -0.05) is 45.0 Å². The second kappa shape index (κ2) is 4.67. The average molecular weight is 266 g/mol. The number of benzene rings is 2. The van der Waals surface area contributed by atoms with Crippen molar-refractivity contribution in [3.8, 4) is 0 Å². The van der Waals surface area contributed by atoms with Gasteiger partial charge in [0, 0.05) is 5.69 Å². The normalized spacial score (nSPS) is 11.8. The topological polar surface area (TPSA) is 38.1 Å². The van der Waals surface area contributed by atoms with Crippen molar-refractivity contribution in [3.63, 3.8) is 0 Å². The summed E-state index contributed by atoms with van der Waals surface area (Å²) in [5.74, 6) is 0. The van der Waals surface area contributed by atoms with Crippen molar-refractivity contribution in [1.29, 1.82) is 0 Å². The average Bonchev–Trinajstić information content (AvgIpc) is 2.80. The van der Waals surface area contributed by atoms with E-state index in [-0.39, 0.29) is 5.41 Å². The molecule has 0 unspecified atom stereocenters. The fourth-order valence-electron chi connectivity index (χ4n) is 2.09. The van der Waals surface area contributed by atoms with Crippen LogP contribution in [0.4, 0.5) is 11.7 Å².